The molecule has 7 heteroatoms. The SMILES string of the molecule is COc1cccc(-c2nn(-c3ccccc3)cc2C(=O)Nc2ccn(-c3ccccc3)n2)c1. The van der Waals surface area contributed by atoms with Gasteiger partial charge in [-0.2, -0.15) is 10.2 Å². The van der Waals surface area contributed by atoms with Crippen molar-refractivity contribution in [2.45, 2.75) is 0 Å². The number of carbonyl (C=O) groups excluding carboxylic acids is 1. The average Bonchev–Trinajstić information content (AvgIpc) is 3.53. The zero-order valence-electron chi connectivity index (χ0n) is 17.9. The molecule has 0 unspecified atom stereocenters. The van der Waals surface area contributed by atoms with Crippen molar-refractivity contribution in [3.8, 4) is 28.4 Å². The molecule has 0 spiro atoms. The summed E-state index contributed by atoms with van der Waals surface area (Å²) in [4.78, 5) is 13.3. The Balaban J connectivity index is 1.50. The molecular weight excluding hydrogens is 414 g/mol. The predicted octanol–water partition coefficient (Wildman–Crippen LogP) is 4.99. The highest BCUT2D eigenvalue weighted by Gasteiger charge is 2.20. The fourth-order valence-corrected chi connectivity index (χ4v) is 3.54. The van der Waals surface area contributed by atoms with E-state index in [4.69, 9.17) is 9.84 Å². The highest BCUT2D eigenvalue weighted by Crippen LogP contribution is 2.27. The second-order valence-corrected chi connectivity index (χ2v) is 7.34. The number of methoxy groups -OCH3 is 1. The number of nitrogens with zero attached hydrogens (tertiary/aromatic N) is 4. The summed E-state index contributed by atoms with van der Waals surface area (Å²) in [7, 11) is 1.61. The third-order valence-corrected chi connectivity index (χ3v) is 5.17. The lowest BCUT2D eigenvalue weighted by Gasteiger charge is -2.05. The second kappa shape index (κ2) is 8.84. The van der Waals surface area contributed by atoms with Crippen LogP contribution in [-0.4, -0.2) is 32.6 Å². The Kier molecular flexibility index (Phi) is 5.43. The maximum Gasteiger partial charge on any atom is 0.260 e. The standard InChI is InChI=1S/C26H21N5O2/c1-33-22-14-8-9-19(17-22)25-23(18-31(29-25)21-12-6-3-7-13-21)26(32)27-24-15-16-30(28-24)20-10-4-2-5-11-20/h2-18H,1H3,(H,27,28,32). The van der Waals surface area contributed by atoms with Gasteiger partial charge in [-0.15, -0.1) is 0 Å². The molecule has 33 heavy (non-hydrogen) atoms. The molecule has 5 rings (SSSR count). The Hall–Kier alpha value is -4.65. The Morgan fingerprint density at radius 3 is 2.21 bits per heavy atom. The normalized spacial score (nSPS) is 10.7. The summed E-state index contributed by atoms with van der Waals surface area (Å²) in [5.41, 5.74) is 3.53. The molecule has 5 aromatic rings. The monoisotopic (exact) mass is 435 g/mol. The topological polar surface area (TPSA) is 74.0 Å². The molecule has 0 aliphatic carbocycles. The van der Waals surface area contributed by atoms with E-state index in [0.717, 1.165) is 16.9 Å². The molecule has 0 aliphatic heterocycles. The molecule has 0 radical (unpaired) electrons. The van der Waals surface area contributed by atoms with E-state index in [1.807, 2.05) is 84.9 Å². The molecule has 3 aromatic carbocycles. The molecule has 0 saturated carbocycles. The molecule has 2 heterocycles. The van der Waals surface area contributed by atoms with E-state index in [1.54, 1.807) is 34.9 Å². The molecule has 0 fully saturated rings. The minimum atomic E-state index is -0.298. The van der Waals surface area contributed by atoms with E-state index in [9.17, 15) is 4.79 Å². The van der Waals surface area contributed by atoms with E-state index >= 15 is 0 Å². The Labute approximate surface area is 190 Å². The van der Waals surface area contributed by atoms with E-state index in [1.165, 1.54) is 0 Å². The molecule has 162 valence electrons. The summed E-state index contributed by atoms with van der Waals surface area (Å²) in [5.74, 6) is 0.843. The minimum absolute atomic E-state index is 0.298. The molecule has 2 aromatic heterocycles. The summed E-state index contributed by atoms with van der Waals surface area (Å²) < 4.78 is 8.78. The first-order valence-electron chi connectivity index (χ1n) is 10.4. The molecule has 0 saturated heterocycles. The smallest absolute Gasteiger partial charge is 0.260 e. The lowest BCUT2D eigenvalue weighted by atomic mass is 10.1. The molecular formula is C26H21N5O2. The van der Waals surface area contributed by atoms with Gasteiger partial charge in [0.25, 0.3) is 5.91 Å². The largest absolute Gasteiger partial charge is 0.497 e. The quantitative estimate of drug-likeness (QED) is 0.408. The van der Waals surface area contributed by atoms with Crippen molar-refractivity contribution in [2.75, 3.05) is 12.4 Å². The van der Waals surface area contributed by atoms with Crippen molar-refractivity contribution < 1.29 is 9.53 Å². The fraction of sp³-hybridized carbons (Fsp3) is 0.0385. The van der Waals surface area contributed by atoms with E-state index in [-0.39, 0.29) is 5.91 Å². The maximum atomic E-state index is 13.3. The first kappa shape index (κ1) is 20.3. The van der Waals surface area contributed by atoms with Crippen LogP contribution in [0.5, 0.6) is 5.75 Å². The highest BCUT2D eigenvalue weighted by molar-refractivity contribution is 6.07. The number of hydrogen-bond acceptors (Lipinski definition) is 4. The number of anilines is 1. The second-order valence-electron chi connectivity index (χ2n) is 7.34. The van der Waals surface area contributed by atoms with Crippen LogP contribution in [0.3, 0.4) is 0 Å². The van der Waals surface area contributed by atoms with Gasteiger partial charge >= 0.3 is 0 Å². The number of nitrogens with one attached hydrogen (secondary N) is 1. The summed E-state index contributed by atoms with van der Waals surface area (Å²) in [6, 6.07) is 28.6. The van der Waals surface area contributed by atoms with Crippen molar-refractivity contribution in [2.24, 2.45) is 0 Å². The minimum Gasteiger partial charge on any atom is -0.497 e. The Morgan fingerprint density at radius 2 is 1.52 bits per heavy atom. The van der Waals surface area contributed by atoms with Crippen LogP contribution in [-0.2, 0) is 0 Å². The lowest BCUT2D eigenvalue weighted by Crippen LogP contribution is -2.13. The van der Waals surface area contributed by atoms with Crippen LogP contribution in [0.1, 0.15) is 10.4 Å². The van der Waals surface area contributed by atoms with Crippen LogP contribution in [0, 0.1) is 0 Å². The zero-order valence-corrected chi connectivity index (χ0v) is 17.9. The van der Waals surface area contributed by atoms with Gasteiger partial charge in [0.2, 0.25) is 0 Å². The number of carbonyl (C=O) groups is 1. The Morgan fingerprint density at radius 1 is 0.818 bits per heavy atom. The van der Waals surface area contributed by atoms with Gasteiger partial charge < -0.3 is 10.1 Å². The number of rotatable bonds is 6. The van der Waals surface area contributed by atoms with Crippen LogP contribution < -0.4 is 10.1 Å². The Bertz CT molecular complexity index is 1390. The first-order valence-corrected chi connectivity index (χ1v) is 10.4. The highest BCUT2D eigenvalue weighted by atomic mass is 16.5. The van der Waals surface area contributed by atoms with Crippen LogP contribution in [0.4, 0.5) is 5.82 Å². The van der Waals surface area contributed by atoms with Crippen molar-refractivity contribution in [3.05, 3.63) is 109 Å². The summed E-state index contributed by atoms with van der Waals surface area (Å²) >= 11 is 0. The van der Waals surface area contributed by atoms with Gasteiger partial charge in [0.05, 0.1) is 24.0 Å². The van der Waals surface area contributed by atoms with Crippen LogP contribution >= 0.6 is 0 Å². The van der Waals surface area contributed by atoms with Crippen LogP contribution in [0.15, 0.2) is 103 Å². The maximum absolute atomic E-state index is 13.3. The van der Waals surface area contributed by atoms with Crippen LogP contribution in [0.25, 0.3) is 22.6 Å². The van der Waals surface area contributed by atoms with E-state index < -0.39 is 0 Å². The molecule has 0 aliphatic rings. The number of hydrogen-bond donors (Lipinski definition) is 1. The van der Waals surface area contributed by atoms with Gasteiger partial charge in [0, 0.05) is 24.0 Å². The summed E-state index contributed by atoms with van der Waals surface area (Å²) in [6.07, 6.45) is 3.54. The third kappa shape index (κ3) is 4.24. The van der Waals surface area contributed by atoms with Gasteiger partial charge in [-0.3, -0.25) is 4.79 Å². The third-order valence-electron chi connectivity index (χ3n) is 5.17. The van der Waals surface area contributed by atoms with E-state index in [2.05, 4.69) is 10.4 Å². The van der Waals surface area contributed by atoms with Gasteiger partial charge in [-0.1, -0.05) is 48.5 Å². The van der Waals surface area contributed by atoms with Gasteiger partial charge in [-0.25, -0.2) is 9.36 Å². The summed E-state index contributed by atoms with van der Waals surface area (Å²) in [5, 5.41) is 12.1. The van der Waals surface area contributed by atoms with Crippen molar-refractivity contribution >= 4 is 11.7 Å². The molecule has 7 nitrogen and oxygen atoms in total. The summed E-state index contributed by atoms with van der Waals surface area (Å²) in [6.45, 7) is 0. The molecule has 1 N–H and O–H groups in total. The van der Waals surface area contributed by atoms with Gasteiger partial charge in [0.15, 0.2) is 5.82 Å². The number of ether oxygens (including phenoxy) is 1. The number of para-hydroxylation sites is 2. The fourth-order valence-electron chi connectivity index (χ4n) is 3.54. The van der Waals surface area contributed by atoms with Gasteiger partial charge in [0.1, 0.15) is 11.4 Å². The van der Waals surface area contributed by atoms with Crippen molar-refractivity contribution in [1.82, 2.24) is 19.6 Å². The average molecular weight is 435 g/mol. The number of amides is 1. The number of aromatic nitrogens is 4. The van der Waals surface area contributed by atoms with Crippen LogP contribution in [0.2, 0.25) is 0 Å². The van der Waals surface area contributed by atoms with Crippen molar-refractivity contribution in [3.63, 3.8) is 0 Å². The van der Waals surface area contributed by atoms with E-state index in [0.29, 0.717) is 22.8 Å². The zero-order chi connectivity index (χ0) is 22.6. The first-order chi connectivity index (χ1) is 16.2. The molecule has 0 atom stereocenters. The molecule has 1 amide bonds. The lowest BCUT2D eigenvalue weighted by molar-refractivity contribution is 0.102. The number of benzene rings is 3. The van der Waals surface area contributed by atoms with Crippen molar-refractivity contribution in [1.29, 1.82) is 0 Å². The predicted molar refractivity (Wildman–Crippen MR) is 127 cm³/mol. The van der Waals surface area contributed by atoms with Gasteiger partial charge in [-0.05, 0) is 36.4 Å². The molecule has 0 bridgehead atoms.